The van der Waals surface area contributed by atoms with Crippen molar-refractivity contribution in [3.05, 3.63) is 24.3 Å². The number of benzene rings is 1. The maximum Gasteiger partial charge on any atom is 0.0533 e. The first-order valence-corrected chi connectivity index (χ1v) is 6.39. The average Bonchev–Trinajstić information content (AvgIpc) is 2.71. The van der Waals surface area contributed by atoms with Gasteiger partial charge in [-0.3, -0.25) is 4.21 Å². The largest absolute Gasteiger partial charge is 0.399 e. The van der Waals surface area contributed by atoms with Crippen LogP contribution in [0.2, 0.25) is 0 Å². The first-order chi connectivity index (χ1) is 7.25. The molecule has 1 aliphatic heterocycles. The highest BCUT2D eigenvalue weighted by atomic mass is 32.2. The van der Waals surface area contributed by atoms with E-state index in [9.17, 15) is 4.21 Å². The van der Waals surface area contributed by atoms with Crippen molar-refractivity contribution in [2.24, 2.45) is 5.92 Å². The van der Waals surface area contributed by atoms with Crippen molar-refractivity contribution in [2.75, 3.05) is 24.7 Å². The normalized spacial score (nSPS) is 22.8. The number of nitrogen functional groups attached to an aromatic ring is 1. The predicted octanol–water partition coefficient (Wildman–Crippen LogP) is 1.41. The van der Waals surface area contributed by atoms with E-state index in [0.29, 0.717) is 17.4 Å². The van der Waals surface area contributed by atoms with Crippen molar-refractivity contribution >= 4 is 16.5 Å². The molecular weight excluding hydrogens is 210 g/mol. The second kappa shape index (κ2) is 4.77. The van der Waals surface area contributed by atoms with Gasteiger partial charge in [-0.2, -0.15) is 0 Å². The van der Waals surface area contributed by atoms with E-state index in [1.165, 1.54) is 0 Å². The Morgan fingerprint density at radius 3 is 2.73 bits per heavy atom. The standard InChI is InChI=1S/C11H15NO2S/c12-10-1-3-11(4-2-10)15(13)8-9-5-6-14-7-9/h1-4,9H,5-8,12H2. The minimum atomic E-state index is -0.917. The van der Waals surface area contributed by atoms with E-state index in [1.54, 1.807) is 12.1 Å². The molecular formula is C11H15NO2S. The van der Waals surface area contributed by atoms with E-state index < -0.39 is 10.8 Å². The fourth-order valence-electron chi connectivity index (χ4n) is 1.64. The van der Waals surface area contributed by atoms with Gasteiger partial charge >= 0.3 is 0 Å². The molecule has 1 aliphatic rings. The van der Waals surface area contributed by atoms with Crippen LogP contribution in [-0.4, -0.2) is 23.2 Å². The lowest BCUT2D eigenvalue weighted by Gasteiger charge is -2.07. The highest BCUT2D eigenvalue weighted by Crippen LogP contribution is 2.17. The monoisotopic (exact) mass is 225 g/mol. The lowest BCUT2D eigenvalue weighted by Crippen LogP contribution is -2.11. The van der Waals surface area contributed by atoms with E-state index in [4.69, 9.17) is 10.5 Å². The molecule has 1 fully saturated rings. The van der Waals surface area contributed by atoms with Gasteiger partial charge in [-0.1, -0.05) is 0 Å². The highest BCUT2D eigenvalue weighted by Gasteiger charge is 2.18. The second-order valence-electron chi connectivity index (χ2n) is 3.81. The summed E-state index contributed by atoms with van der Waals surface area (Å²) < 4.78 is 17.2. The van der Waals surface area contributed by atoms with Gasteiger partial charge in [-0.05, 0) is 36.6 Å². The summed E-state index contributed by atoms with van der Waals surface area (Å²) in [5.74, 6) is 1.15. The summed E-state index contributed by atoms with van der Waals surface area (Å²) in [4.78, 5) is 0.858. The molecule has 2 unspecified atom stereocenters. The van der Waals surface area contributed by atoms with Crippen LogP contribution in [0.1, 0.15) is 6.42 Å². The molecule has 0 saturated carbocycles. The van der Waals surface area contributed by atoms with Crippen LogP contribution in [0.25, 0.3) is 0 Å². The number of hydrogen-bond donors (Lipinski definition) is 1. The third-order valence-corrected chi connectivity index (χ3v) is 4.13. The number of rotatable bonds is 3. The molecule has 0 aromatic heterocycles. The lowest BCUT2D eigenvalue weighted by molar-refractivity contribution is 0.189. The van der Waals surface area contributed by atoms with Crippen LogP contribution >= 0.6 is 0 Å². The molecule has 4 heteroatoms. The van der Waals surface area contributed by atoms with Crippen molar-refractivity contribution in [1.29, 1.82) is 0 Å². The fourth-order valence-corrected chi connectivity index (χ4v) is 2.97. The molecule has 1 aromatic rings. The Morgan fingerprint density at radius 2 is 2.13 bits per heavy atom. The SMILES string of the molecule is Nc1ccc(S(=O)CC2CCOC2)cc1. The van der Waals surface area contributed by atoms with Crippen molar-refractivity contribution < 1.29 is 8.95 Å². The highest BCUT2D eigenvalue weighted by molar-refractivity contribution is 7.85. The second-order valence-corrected chi connectivity index (χ2v) is 5.31. The van der Waals surface area contributed by atoms with Crippen molar-refractivity contribution in [3.8, 4) is 0 Å². The molecule has 2 atom stereocenters. The number of hydrogen-bond acceptors (Lipinski definition) is 3. The molecule has 0 spiro atoms. The maximum absolute atomic E-state index is 11.9. The van der Waals surface area contributed by atoms with Gasteiger partial charge in [-0.15, -0.1) is 0 Å². The molecule has 1 heterocycles. The summed E-state index contributed by atoms with van der Waals surface area (Å²) in [6, 6.07) is 7.25. The Labute approximate surface area is 92.1 Å². The van der Waals surface area contributed by atoms with Crippen LogP contribution < -0.4 is 5.73 Å². The fraction of sp³-hybridized carbons (Fsp3) is 0.455. The molecule has 1 saturated heterocycles. The van der Waals surface area contributed by atoms with Gasteiger partial charge in [0, 0.05) is 22.9 Å². The summed E-state index contributed by atoms with van der Waals surface area (Å²) >= 11 is 0. The number of nitrogens with two attached hydrogens (primary N) is 1. The van der Waals surface area contributed by atoms with Gasteiger partial charge in [0.25, 0.3) is 0 Å². The van der Waals surface area contributed by atoms with E-state index in [1.807, 2.05) is 12.1 Å². The Morgan fingerprint density at radius 1 is 1.40 bits per heavy atom. The molecule has 82 valence electrons. The van der Waals surface area contributed by atoms with Gasteiger partial charge in [0.2, 0.25) is 0 Å². The molecule has 15 heavy (non-hydrogen) atoms. The average molecular weight is 225 g/mol. The molecule has 0 amide bonds. The van der Waals surface area contributed by atoms with Gasteiger partial charge in [0.1, 0.15) is 0 Å². The summed E-state index contributed by atoms with van der Waals surface area (Å²) in [6.07, 6.45) is 1.03. The van der Waals surface area contributed by atoms with Gasteiger partial charge in [0.15, 0.2) is 0 Å². The molecule has 2 rings (SSSR count). The van der Waals surface area contributed by atoms with Crippen LogP contribution in [0.15, 0.2) is 29.2 Å². The lowest BCUT2D eigenvalue weighted by atomic mass is 10.2. The molecule has 2 N–H and O–H groups in total. The van der Waals surface area contributed by atoms with Gasteiger partial charge < -0.3 is 10.5 Å². The Kier molecular flexibility index (Phi) is 3.38. The third-order valence-electron chi connectivity index (χ3n) is 2.55. The van der Waals surface area contributed by atoms with Gasteiger partial charge in [0.05, 0.1) is 17.4 Å². The first kappa shape index (κ1) is 10.6. The van der Waals surface area contributed by atoms with Crippen molar-refractivity contribution in [3.63, 3.8) is 0 Å². The van der Waals surface area contributed by atoms with Crippen molar-refractivity contribution in [2.45, 2.75) is 11.3 Å². The Bertz CT molecular complexity index is 344. The Hall–Kier alpha value is -0.870. The zero-order chi connectivity index (χ0) is 10.7. The van der Waals surface area contributed by atoms with Crippen LogP contribution in [0, 0.1) is 5.92 Å². The van der Waals surface area contributed by atoms with Crippen LogP contribution in [0.3, 0.4) is 0 Å². The van der Waals surface area contributed by atoms with Crippen molar-refractivity contribution in [1.82, 2.24) is 0 Å². The third kappa shape index (κ3) is 2.79. The van der Waals surface area contributed by atoms with E-state index in [0.717, 1.165) is 24.5 Å². The summed E-state index contributed by atoms with van der Waals surface area (Å²) in [5, 5.41) is 0. The molecule has 0 bridgehead atoms. The maximum atomic E-state index is 11.9. The summed E-state index contributed by atoms with van der Waals surface area (Å²) in [7, 11) is -0.917. The smallest absolute Gasteiger partial charge is 0.0533 e. The zero-order valence-corrected chi connectivity index (χ0v) is 9.33. The number of ether oxygens (including phenoxy) is 1. The van der Waals surface area contributed by atoms with E-state index in [-0.39, 0.29) is 0 Å². The van der Waals surface area contributed by atoms with E-state index >= 15 is 0 Å². The molecule has 0 radical (unpaired) electrons. The van der Waals surface area contributed by atoms with Crippen LogP contribution in [-0.2, 0) is 15.5 Å². The topological polar surface area (TPSA) is 52.3 Å². The molecule has 0 aliphatic carbocycles. The van der Waals surface area contributed by atoms with Crippen LogP contribution in [0.5, 0.6) is 0 Å². The van der Waals surface area contributed by atoms with Gasteiger partial charge in [-0.25, -0.2) is 0 Å². The summed E-state index contributed by atoms with van der Waals surface area (Å²) in [5.41, 5.74) is 6.28. The minimum Gasteiger partial charge on any atom is -0.399 e. The minimum absolute atomic E-state index is 0.448. The zero-order valence-electron chi connectivity index (χ0n) is 8.52. The number of anilines is 1. The Balaban J connectivity index is 1.98. The summed E-state index contributed by atoms with van der Waals surface area (Å²) in [6.45, 7) is 1.56. The van der Waals surface area contributed by atoms with Crippen LogP contribution in [0.4, 0.5) is 5.69 Å². The predicted molar refractivity (Wildman–Crippen MR) is 61.1 cm³/mol. The quantitative estimate of drug-likeness (QED) is 0.791. The molecule has 1 aromatic carbocycles. The van der Waals surface area contributed by atoms with E-state index in [2.05, 4.69) is 0 Å². The first-order valence-electron chi connectivity index (χ1n) is 5.07. The molecule has 3 nitrogen and oxygen atoms in total.